The van der Waals surface area contributed by atoms with Crippen LogP contribution in [0.5, 0.6) is 5.75 Å². The Balaban J connectivity index is 1.27. The molecule has 3 aromatic rings. The first-order valence-electron chi connectivity index (χ1n) is 17.6. The number of carbonyl (C=O) groups is 2. The normalized spacial score (nSPS) is 26.9. The number of rotatable bonds is 7. The molecule has 2 bridgehead atoms. The molecule has 11 heteroatoms. The first kappa shape index (κ1) is 31.8. The molecule has 48 heavy (non-hydrogen) atoms. The van der Waals surface area contributed by atoms with Gasteiger partial charge in [0.05, 0.1) is 12.8 Å². The number of nitrogens with zero attached hydrogens (tertiary/aromatic N) is 4. The van der Waals surface area contributed by atoms with E-state index in [0.717, 1.165) is 66.2 Å². The van der Waals surface area contributed by atoms with Gasteiger partial charge >= 0.3 is 10.2 Å². The van der Waals surface area contributed by atoms with Crippen LogP contribution >= 0.6 is 0 Å². The number of likely N-dealkylation sites (tertiary alicyclic amines) is 1. The monoisotopic (exact) mass is 673 g/mol. The van der Waals surface area contributed by atoms with E-state index in [1.54, 1.807) is 13.2 Å². The minimum Gasteiger partial charge on any atom is -0.497 e. The summed E-state index contributed by atoms with van der Waals surface area (Å²) in [5.41, 5.74) is 5.92. The molecular weight excluding hydrogens is 627 g/mol. The van der Waals surface area contributed by atoms with Crippen molar-refractivity contribution in [3.63, 3.8) is 0 Å². The van der Waals surface area contributed by atoms with Crippen molar-refractivity contribution in [1.82, 2.24) is 23.4 Å². The summed E-state index contributed by atoms with van der Waals surface area (Å²) in [6, 6.07) is 12.6. The summed E-state index contributed by atoms with van der Waals surface area (Å²) in [4.78, 5) is 32.3. The van der Waals surface area contributed by atoms with Gasteiger partial charge in [-0.25, -0.2) is 4.72 Å². The highest BCUT2D eigenvalue weighted by Gasteiger charge is 2.59. The summed E-state index contributed by atoms with van der Waals surface area (Å²) < 4.78 is 36.5. The van der Waals surface area contributed by atoms with Crippen molar-refractivity contribution in [2.75, 3.05) is 41.3 Å². The molecule has 0 spiro atoms. The van der Waals surface area contributed by atoms with Crippen molar-refractivity contribution in [2.45, 2.75) is 88.3 Å². The summed E-state index contributed by atoms with van der Waals surface area (Å²) >= 11 is 0. The number of hydrogen-bond acceptors (Lipinski definition) is 6. The number of hydrogen-bond donors (Lipinski definition) is 1. The van der Waals surface area contributed by atoms with Crippen LogP contribution in [0.4, 0.5) is 0 Å². The topological polar surface area (TPSA) is 104 Å². The second-order valence-corrected chi connectivity index (χ2v) is 17.2. The van der Waals surface area contributed by atoms with Crippen LogP contribution < -0.4 is 9.46 Å². The summed E-state index contributed by atoms with van der Waals surface area (Å²) in [6.45, 7) is 2.54. The van der Waals surface area contributed by atoms with Crippen LogP contribution in [-0.2, 0) is 21.5 Å². The average Bonchev–Trinajstić information content (AvgIpc) is 3.59. The van der Waals surface area contributed by atoms with Crippen LogP contribution in [0.15, 0.2) is 36.4 Å². The highest BCUT2D eigenvalue weighted by molar-refractivity contribution is 7.87. The zero-order chi connectivity index (χ0) is 33.5. The fourth-order valence-corrected chi connectivity index (χ4v) is 10.2. The van der Waals surface area contributed by atoms with Crippen LogP contribution in [0.25, 0.3) is 22.2 Å². The van der Waals surface area contributed by atoms with E-state index < -0.39 is 16.1 Å². The third-order valence-corrected chi connectivity index (χ3v) is 13.5. The van der Waals surface area contributed by atoms with Gasteiger partial charge in [-0.2, -0.15) is 12.7 Å². The Morgan fingerprint density at radius 1 is 1.00 bits per heavy atom. The van der Waals surface area contributed by atoms with Crippen molar-refractivity contribution >= 4 is 32.9 Å². The summed E-state index contributed by atoms with van der Waals surface area (Å²) in [7, 11) is 2.71. The standard InChI is InChI=1S/C37H47N5O5S/c1-39(2)48(45,46)38-36(44)24-10-14-29-32(16-24)41-22-37(19-33(43)42-25-11-12-26(42)21-40(3)20-25)18-31(37)30-17-27(47-4)13-15-28(30)35(41)34(29)23-8-6-5-7-9-23/h10,13-17,23,25-26,31H,5-9,11-12,18-22H2,1-4H3,(H,38,44). The molecule has 4 unspecified atom stereocenters. The molecule has 3 aliphatic heterocycles. The van der Waals surface area contributed by atoms with Crippen LogP contribution in [-0.4, -0.2) is 92.3 Å². The highest BCUT2D eigenvalue weighted by Crippen LogP contribution is 2.67. The van der Waals surface area contributed by atoms with Gasteiger partial charge in [0, 0.05) is 79.7 Å². The fraction of sp³-hybridized carbons (Fsp3) is 0.568. The highest BCUT2D eigenvalue weighted by atomic mass is 32.2. The van der Waals surface area contributed by atoms with Gasteiger partial charge in [0.1, 0.15) is 5.75 Å². The number of amides is 2. The molecule has 0 radical (unpaired) electrons. The Kier molecular flexibility index (Phi) is 7.69. The minimum absolute atomic E-state index is 0.225. The molecule has 256 valence electrons. The molecular formula is C37H47N5O5S. The lowest BCUT2D eigenvalue weighted by molar-refractivity contribution is -0.138. The van der Waals surface area contributed by atoms with E-state index in [9.17, 15) is 18.0 Å². The minimum atomic E-state index is -3.95. The number of aromatic nitrogens is 1. The van der Waals surface area contributed by atoms with Crippen molar-refractivity contribution in [3.05, 3.63) is 53.1 Å². The van der Waals surface area contributed by atoms with E-state index >= 15 is 0 Å². The molecule has 10 nitrogen and oxygen atoms in total. The molecule has 2 aliphatic carbocycles. The van der Waals surface area contributed by atoms with Gasteiger partial charge in [0.25, 0.3) is 5.91 Å². The summed E-state index contributed by atoms with van der Waals surface area (Å²) in [5, 5.41) is 1.11. The largest absolute Gasteiger partial charge is 0.497 e. The van der Waals surface area contributed by atoms with Crippen molar-refractivity contribution in [1.29, 1.82) is 0 Å². The van der Waals surface area contributed by atoms with E-state index in [1.165, 1.54) is 55.7 Å². The van der Waals surface area contributed by atoms with E-state index in [2.05, 4.69) is 38.3 Å². The molecule has 1 N–H and O–H groups in total. The number of fused-ring (bicyclic) bond motifs is 9. The molecule has 4 atom stereocenters. The number of piperazine rings is 1. The predicted octanol–water partition coefficient (Wildman–Crippen LogP) is 5.08. The fourth-order valence-electron chi connectivity index (χ4n) is 9.66. The second-order valence-electron chi connectivity index (χ2n) is 15.3. The number of nitrogens with one attached hydrogen (secondary N) is 1. The Bertz CT molecular complexity index is 1900. The maximum Gasteiger partial charge on any atom is 0.303 e. The SMILES string of the molecule is COc1ccc2c(c1)C1CC1(CC(=O)N1C3CCC1CN(C)C3)Cn1c-2c(C2CCCCC2)c2ccc(C(=O)NS(=O)(=O)N(C)C)cc21. The molecule has 2 saturated heterocycles. The quantitative estimate of drug-likeness (QED) is 0.375. The molecule has 2 saturated carbocycles. The lowest BCUT2D eigenvalue weighted by atomic mass is 9.81. The summed E-state index contributed by atoms with van der Waals surface area (Å²) in [6.07, 6.45) is 9.38. The van der Waals surface area contributed by atoms with Crippen LogP contribution in [0, 0.1) is 5.41 Å². The zero-order valence-electron chi connectivity index (χ0n) is 28.5. The molecule has 5 aliphatic rings. The van der Waals surface area contributed by atoms with Crippen LogP contribution in [0.1, 0.15) is 91.1 Å². The maximum atomic E-state index is 14.3. The zero-order valence-corrected chi connectivity index (χ0v) is 29.3. The first-order valence-corrected chi connectivity index (χ1v) is 19.0. The van der Waals surface area contributed by atoms with Crippen molar-refractivity contribution in [2.24, 2.45) is 5.41 Å². The van der Waals surface area contributed by atoms with Gasteiger partial charge in [0.15, 0.2) is 0 Å². The van der Waals surface area contributed by atoms with Gasteiger partial charge in [-0.15, -0.1) is 0 Å². The number of likely N-dealkylation sites (N-methyl/N-ethyl adjacent to an activating group) is 1. The molecule has 4 fully saturated rings. The van der Waals surface area contributed by atoms with E-state index in [0.29, 0.717) is 24.4 Å². The third-order valence-electron chi connectivity index (χ3n) is 12.1. The Morgan fingerprint density at radius 3 is 2.42 bits per heavy atom. The molecule has 8 rings (SSSR count). The molecule has 2 aromatic carbocycles. The Hall–Kier alpha value is -3.41. The average molecular weight is 674 g/mol. The summed E-state index contributed by atoms with van der Waals surface area (Å²) in [5.74, 6) is 1.04. The Labute approximate surface area is 283 Å². The van der Waals surface area contributed by atoms with Crippen LogP contribution in [0.2, 0.25) is 0 Å². The number of ether oxygens (including phenoxy) is 1. The van der Waals surface area contributed by atoms with E-state index in [4.69, 9.17) is 4.74 Å². The van der Waals surface area contributed by atoms with Crippen LogP contribution in [0.3, 0.4) is 0 Å². The lowest BCUT2D eigenvalue weighted by Gasteiger charge is -2.40. The van der Waals surface area contributed by atoms with Gasteiger partial charge in [-0.05, 0) is 92.4 Å². The predicted molar refractivity (Wildman–Crippen MR) is 185 cm³/mol. The van der Waals surface area contributed by atoms with Gasteiger partial charge in [0.2, 0.25) is 5.91 Å². The van der Waals surface area contributed by atoms with Gasteiger partial charge in [-0.3, -0.25) is 9.59 Å². The number of methoxy groups -OCH3 is 1. The maximum absolute atomic E-state index is 14.3. The van der Waals surface area contributed by atoms with Gasteiger partial charge < -0.3 is 19.1 Å². The smallest absolute Gasteiger partial charge is 0.303 e. The lowest BCUT2D eigenvalue weighted by Crippen LogP contribution is -2.55. The van der Waals surface area contributed by atoms with Crippen molar-refractivity contribution in [3.8, 4) is 17.0 Å². The molecule has 1 aromatic heterocycles. The third kappa shape index (κ3) is 5.15. The van der Waals surface area contributed by atoms with Gasteiger partial charge in [-0.1, -0.05) is 25.3 Å². The second kappa shape index (κ2) is 11.6. The molecule has 2 amide bonds. The number of carbonyl (C=O) groups excluding carboxylic acids is 2. The van der Waals surface area contributed by atoms with E-state index in [1.807, 2.05) is 18.2 Å². The Morgan fingerprint density at radius 2 is 1.73 bits per heavy atom. The van der Waals surface area contributed by atoms with E-state index in [-0.39, 0.29) is 29.3 Å². The molecule has 4 heterocycles. The first-order chi connectivity index (χ1) is 23.0. The number of benzene rings is 2. The van der Waals surface area contributed by atoms with Crippen molar-refractivity contribution < 1.29 is 22.7 Å².